The maximum absolute atomic E-state index is 12.4. The Bertz CT molecular complexity index is 666. The molecule has 1 amide bonds. The minimum atomic E-state index is 0.283. The zero-order valence-corrected chi connectivity index (χ0v) is 15.0. The Balaban J connectivity index is 1.36. The van der Waals surface area contributed by atoms with Crippen LogP contribution in [-0.2, 0) is 11.2 Å². The molecule has 2 aromatic rings. The molecule has 1 saturated heterocycles. The van der Waals surface area contributed by atoms with Crippen LogP contribution in [0.2, 0.25) is 0 Å². The van der Waals surface area contributed by atoms with E-state index in [1.807, 2.05) is 35.2 Å². The molecule has 0 radical (unpaired) electrons. The average molecular weight is 337 g/mol. The van der Waals surface area contributed by atoms with Gasteiger partial charge >= 0.3 is 0 Å². The Morgan fingerprint density at radius 2 is 1.88 bits per heavy atom. The van der Waals surface area contributed by atoms with Gasteiger partial charge in [0.05, 0.1) is 6.61 Å². The van der Waals surface area contributed by atoms with Crippen LogP contribution in [0, 0.1) is 12.8 Å². The SMILES string of the molecule is Cc1ccc(OCCC2CCN(C(=O)CCc3ccccc3)C2)cc1. The lowest BCUT2D eigenvalue weighted by molar-refractivity contribution is -0.130. The molecule has 3 rings (SSSR count). The Labute approximate surface area is 150 Å². The fraction of sp³-hybridized carbons (Fsp3) is 0.409. The average Bonchev–Trinajstić information content (AvgIpc) is 3.11. The van der Waals surface area contributed by atoms with Gasteiger partial charge < -0.3 is 9.64 Å². The molecular weight excluding hydrogens is 310 g/mol. The summed E-state index contributed by atoms with van der Waals surface area (Å²) in [6.07, 6.45) is 3.54. The molecule has 0 bridgehead atoms. The van der Waals surface area contributed by atoms with Gasteiger partial charge in [0.25, 0.3) is 0 Å². The highest BCUT2D eigenvalue weighted by Crippen LogP contribution is 2.21. The number of aryl methyl sites for hydroxylation is 2. The molecule has 3 nitrogen and oxygen atoms in total. The lowest BCUT2D eigenvalue weighted by Crippen LogP contribution is -2.29. The summed E-state index contributed by atoms with van der Waals surface area (Å²) in [5, 5.41) is 0. The lowest BCUT2D eigenvalue weighted by Gasteiger charge is -2.17. The van der Waals surface area contributed by atoms with E-state index in [2.05, 4.69) is 31.2 Å². The third-order valence-electron chi connectivity index (χ3n) is 4.92. The zero-order valence-electron chi connectivity index (χ0n) is 15.0. The molecule has 1 aliphatic rings. The van der Waals surface area contributed by atoms with Crippen molar-refractivity contribution in [3.05, 3.63) is 65.7 Å². The third kappa shape index (κ3) is 5.35. The van der Waals surface area contributed by atoms with Gasteiger partial charge in [-0.1, -0.05) is 48.0 Å². The summed E-state index contributed by atoms with van der Waals surface area (Å²) in [6.45, 7) is 4.57. The van der Waals surface area contributed by atoms with Gasteiger partial charge in [-0.05, 0) is 49.8 Å². The van der Waals surface area contributed by atoms with Gasteiger partial charge in [-0.3, -0.25) is 4.79 Å². The molecule has 0 aliphatic carbocycles. The van der Waals surface area contributed by atoms with E-state index in [4.69, 9.17) is 4.74 Å². The van der Waals surface area contributed by atoms with E-state index in [0.717, 1.165) is 44.7 Å². The van der Waals surface area contributed by atoms with Crippen molar-refractivity contribution in [2.75, 3.05) is 19.7 Å². The van der Waals surface area contributed by atoms with Crippen molar-refractivity contribution in [2.24, 2.45) is 5.92 Å². The fourth-order valence-corrected chi connectivity index (χ4v) is 3.33. The van der Waals surface area contributed by atoms with Crippen molar-refractivity contribution < 1.29 is 9.53 Å². The highest BCUT2D eigenvalue weighted by molar-refractivity contribution is 5.76. The second-order valence-electron chi connectivity index (χ2n) is 6.93. The first kappa shape index (κ1) is 17.5. The highest BCUT2D eigenvalue weighted by atomic mass is 16.5. The second-order valence-corrected chi connectivity index (χ2v) is 6.93. The van der Waals surface area contributed by atoms with Crippen molar-refractivity contribution in [3.63, 3.8) is 0 Å². The summed E-state index contributed by atoms with van der Waals surface area (Å²) in [4.78, 5) is 14.4. The molecule has 1 fully saturated rings. The summed E-state index contributed by atoms with van der Waals surface area (Å²) in [5.74, 6) is 1.77. The number of benzene rings is 2. The molecule has 0 spiro atoms. The topological polar surface area (TPSA) is 29.5 Å². The Morgan fingerprint density at radius 3 is 2.64 bits per heavy atom. The fourth-order valence-electron chi connectivity index (χ4n) is 3.33. The number of likely N-dealkylation sites (tertiary alicyclic amines) is 1. The quantitative estimate of drug-likeness (QED) is 0.756. The van der Waals surface area contributed by atoms with Gasteiger partial charge in [0.1, 0.15) is 5.75 Å². The largest absolute Gasteiger partial charge is 0.494 e. The molecule has 3 heteroatoms. The first-order chi connectivity index (χ1) is 12.2. The molecule has 1 unspecified atom stereocenters. The molecule has 1 atom stereocenters. The summed E-state index contributed by atoms with van der Waals surface area (Å²) >= 11 is 0. The molecule has 1 heterocycles. The molecule has 0 saturated carbocycles. The highest BCUT2D eigenvalue weighted by Gasteiger charge is 2.25. The van der Waals surface area contributed by atoms with Crippen LogP contribution in [0.3, 0.4) is 0 Å². The van der Waals surface area contributed by atoms with Gasteiger partial charge in [-0.15, -0.1) is 0 Å². The summed E-state index contributed by atoms with van der Waals surface area (Å²) in [5.41, 5.74) is 2.48. The minimum Gasteiger partial charge on any atom is -0.494 e. The molecule has 132 valence electrons. The summed E-state index contributed by atoms with van der Waals surface area (Å²) < 4.78 is 5.82. The first-order valence-corrected chi connectivity index (χ1v) is 9.22. The van der Waals surface area contributed by atoms with E-state index in [9.17, 15) is 4.79 Å². The van der Waals surface area contributed by atoms with Crippen LogP contribution in [0.4, 0.5) is 0 Å². The van der Waals surface area contributed by atoms with Crippen LogP contribution >= 0.6 is 0 Å². The number of ether oxygens (including phenoxy) is 1. The molecule has 2 aromatic carbocycles. The summed E-state index contributed by atoms with van der Waals surface area (Å²) in [6, 6.07) is 18.4. The lowest BCUT2D eigenvalue weighted by atomic mass is 10.1. The monoisotopic (exact) mass is 337 g/mol. The van der Waals surface area contributed by atoms with Crippen LogP contribution in [-0.4, -0.2) is 30.5 Å². The van der Waals surface area contributed by atoms with Crippen molar-refractivity contribution in [2.45, 2.75) is 32.6 Å². The molecule has 0 N–H and O–H groups in total. The normalized spacial score (nSPS) is 16.8. The van der Waals surface area contributed by atoms with E-state index in [-0.39, 0.29) is 5.91 Å². The van der Waals surface area contributed by atoms with Crippen molar-refractivity contribution in [1.29, 1.82) is 0 Å². The van der Waals surface area contributed by atoms with Crippen molar-refractivity contribution in [3.8, 4) is 5.75 Å². The number of rotatable bonds is 7. The third-order valence-corrected chi connectivity index (χ3v) is 4.92. The number of carbonyl (C=O) groups excluding carboxylic acids is 1. The number of amides is 1. The van der Waals surface area contributed by atoms with Gasteiger partial charge in [0.2, 0.25) is 5.91 Å². The smallest absolute Gasteiger partial charge is 0.222 e. The minimum absolute atomic E-state index is 0.283. The van der Waals surface area contributed by atoms with Crippen LogP contribution in [0.1, 0.15) is 30.4 Å². The number of nitrogens with zero attached hydrogens (tertiary/aromatic N) is 1. The maximum atomic E-state index is 12.4. The van der Waals surface area contributed by atoms with E-state index >= 15 is 0 Å². The number of hydrogen-bond donors (Lipinski definition) is 0. The predicted molar refractivity (Wildman–Crippen MR) is 101 cm³/mol. The maximum Gasteiger partial charge on any atom is 0.222 e. The van der Waals surface area contributed by atoms with E-state index < -0.39 is 0 Å². The Morgan fingerprint density at radius 1 is 1.12 bits per heavy atom. The van der Waals surface area contributed by atoms with Crippen LogP contribution in [0.25, 0.3) is 0 Å². The molecule has 25 heavy (non-hydrogen) atoms. The Kier molecular flexibility index (Phi) is 6.10. The summed E-state index contributed by atoms with van der Waals surface area (Å²) in [7, 11) is 0. The second kappa shape index (κ2) is 8.70. The van der Waals surface area contributed by atoms with E-state index in [1.165, 1.54) is 11.1 Å². The van der Waals surface area contributed by atoms with E-state index in [0.29, 0.717) is 12.3 Å². The predicted octanol–water partition coefficient (Wildman–Crippen LogP) is 4.25. The van der Waals surface area contributed by atoms with Crippen molar-refractivity contribution >= 4 is 5.91 Å². The molecule has 0 aromatic heterocycles. The van der Waals surface area contributed by atoms with Gasteiger partial charge in [0.15, 0.2) is 0 Å². The van der Waals surface area contributed by atoms with Crippen LogP contribution in [0.5, 0.6) is 5.75 Å². The zero-order chi connectivity index (χ0) is 17.5. The molecular formula is C22H27NO2. The van der Waals surface area contributed by atoms with Gasteiger partial charge in [-0.25, -0.2) is 0 Å². The number of carbonyl (C=O) groups is 1. The number of hydrogen-bond acceptors (Lipinski definition) is 2. The van der Waals surface area contributed by atoms with Gasteiger partial charge in [-0.2, -0.15) is 0 Å². The standard InChI is InChI=1S/C22H27NO2/c1-18-7-10-21(11-8-18)25-16-14-20-13-15-23(17-20)22(24)12-9-19-5-3-2-4-6-19/h2-8,10-11,20H,9,12-17H2,1H3. The molecule has 1 aliphatic heterocycles. The van der Waals surface area contributed by atoms with E-state index in [1.54, 1.807) is 0 Å². The van der Waals surface area contributed by atoms with Crippen LogP contribution < -0.4 is 4.74 Å². The van der Waals surface area contributed by atoms with Gasteiger partial charge in [0, 0.05) is 19.5 Å². The first-order valence-electron chi connectivity index (χ1n) is 9.22. The Hall–Kier alpha value is -2.29. The van der Waals surface area contributed by atoms with Crippen molar-refractivity contribution in [1.82, 2.24) is 4.90 Å². The van der Waals surface area contributed by atoms with Crippen LogP contribution in [0.15, 0.2) is 54.6 Å².